The number of amides is 1. The zero-order valence-corrected chi connectivity index (χ0v) is 9.27. The molecule has 0 aliphatic carbocycles. The number of benzene rings is 1. The normalized spacial score (nSPS) is 12.2. The number of rotatable bonds is 3. The van der Waals surface area contributed by atoms with Crippen LogP contribution in [0.15, 0.2) is 24.3 Å². The summed E-state index contributed by atoms with van der Waals surface area (Å²) in [7, 11) is 0. The molecule has 2 nitrogen and oxygen atoms in total. The molecule has 1 unspecified atom stereocenters. The Bertz CT molecular complexity index is 328. The summed E-state index contributed by atoms with van der Waals surface area (Å²) in [5.74, 6) is -0.198. The van der Waals surface area contributed by atoms with Gasteiger partial charge in [-0.25, -0.2) is 0 Å². The number of hydrogen-bond donors (Lipinski definition) is 1. The molecule has 0 radical (unpaired) electrons. The first-order valence-electron chi connectivity index (χ1n) is 4.32. The molecule has 0 fully saturated rings. The molecular formula is C10H11Cl2NO. The number of carbonyl (C=O) groups is 1. The second kappa shape index (κ2) is 5.23. The highest BCUT2D eigenvalue weighted by molar-refractivity contribution is 6.32. The molecule has 1 atom stereocenters. The molecule has 14 heavy (non-hydrogen) atoms. The fourth-order valence-electron chi connectivity index (χ4n) is 1.08. The van der Waals surface area contributed by atoms with Crippen LogP contribution in [0, 0.1) is 0 Å². The summed E-state index contributed by atoms with van der Waals surface area (Å²) in [6.07, 6.45) is 0. The fraction of sp³-hybridized carbons (Fsp3) is 0.300. The maximum Gasteiger partial charge on any atom is 0.242 e. The lowest BCUT2D eigenvalue weighted by molar-refractivity contribution is -0.120. The van der Waals surface area contributed by atoms with Crippen LogP contribution in [0.3, 0.4) is 0 Å². The van der Waals surface area contributed by atoms with Gasteiger partial charge in [-0.05, 0) is 24.6 Å². The second-order valence-corrected chi connectivity index (χ2v) is 3.69. The minimum absolute atomic E-state index is 0.198. The Balaban J connectivity index is 2.78. The zero-order chi connectivity index (χ0) is 10.6. The lowest BCUT2D eigenvalue weighted by atomic mass is 10.1. The predicted molar refractivity (Wildman–Crippen MR) is 58.7 cm³/mol. The highest BCUT2D eigenvalue weighted by atomic mass is 35.5. The highest BCUT2D eigenvalue weighted by Gasteiger charge is 2.16. The van der Waals surface area contributed by atoms with E-state index < -0.39 is 5.38 Å². The van der Waals surface area contributed by atoms with Crippen molar-refractivity contribution in [2.75, 3.05) is 6.54 Å². The van der Waals surface area contributed by atoms with Crippen LogP contribution in [0.4, 0.5) is 0 Å². The van der Waals surface area contributed by atoms with Crippen LogP contribution >= 0.6 is 23.2 Å². The Morgan fingerprint density at radius 3 is 2.86 bits per heavy atom. The van der Waals surface area contributed by atoms with E-state index in [0.717, 1.165) is 0 Å². The zero-order valence-electron chi connectivity index (χ0n) is 7.76. The van der Waals surface area contributed by atoms with E-state index in [1.807, 2.05) is 6.92 Å². The Kier molecular flexibility index (Phi) is 4.23. The molecule has 1 aromatic carbocycles. The van der Waals surface area contributed by atoms with Gasteiger partial charge in [-0.3, -0.25) is 4.79 Å². The van der Waals surface area contributed by atoms with E-state index in [0.29, 0.717) is 17.1 Å². The molecule has 0 heterocycles. The number of halogens is 2. The Labute approximate surface area is 93.2 Å². The maximum atomic E-state index is 11.4. The molecule has 0 aliphatic heterocycles. The highest BCUT2D eigenvalue weighted by Crippen LogP contribution is 2.23. The van der Waals surface area contributed by atoms with Crippen molar-refractivity contribution in [3.63, 3.8) is 0 Å². The molecule has 1 rings (SSSR count). The summed E-state index contributed by atoms with van der Waals surface area (Å²) in [4.78, 5) is 11.4. The van der Waals surface area contributed by atoms with Crippen LogP contribution in [0.1, 0.15) is 17.9 Å². The molecule has 0 aromatic heterocycles. The largest absolute Gasteiger partial charge is 0.355 e. The molecule has 1 amide bonds. The summed E-state index contributed by atoms with van der Waals surface area (Å²) in [6.45, 7) is 2.42. The van der Waals surface area contributed by atoms with E-state index in [-0.39, 0.29) is 5.91 Å². The maximum absolute atomic E-state index is 11.4. The fourth-order valence-corrected chi connectivity index (χ4v) is 1.49. The molecule has 4 heteroatoms. The summed E-state index contributed by atoms with van der Waals surface area (Å²) in [5.41, 5.74) is 0.713. The molecule has 76 valence electrons. The van der Waals surface area contributed by atoms with E-state index in [1.54, 1.807) is 24.3 Å². The van der Waals surface area contributed by atoms with Gasteiger partial charge in [0, 0.05) is 11.6 Å². The topological polar surface area (TPSA) is 29.1 Å². The van der Waals surface area contributed by atoms with E-state index in [2.05, 4.69) is 5.32 Å². The van der Waals surface area contributed by atoms with Crippen LogP contribution in [0.2, 0.25) is 5.02 Å². The molecule has 0 spiro atoms. The molecule has 0 bridgehead atoms. The first kappa shape index (κ1) is 11.3. The van der Waals surface area contributed by atoms with Crippen LogP contribution in [-0.2, 0) is 4.79 Å². The quantitative estimate of drug-likeness (QED) is 0.797. The minimum Gasteiger partial charge on any atom is -0.355 e. The molecule has 0 aliphatic rings. The summed E-state index contributed by atoms with van der Waals surface area (Å²) < 4.78 is 0. The Hall–Kier alpha value is -0.730. The number of likely N-dealkylation sites (N-methyl/N-ethyl adjacent to an activating group) is 1. The molecule has 1 N–H and O–H groups in total. The number of alkyl halides is 1. The van der Waals surface area contributed by atoms with Crippen LogP contribution in [-0.4, -0.2) is 12.5 Å². The van der Waals surface area contributed by atoms with Crippen LogP contribution in [0.25, 0.3) is 0 Å². The van der Waals surface area contributed by atoms with Gasteiger partial charge in [-0.15, -0.1) is 11.6 Å². The van der Waals surface area contributed by atoms with Crippen molar-refractivity contribution in [1.82, 2.24) is 5.32 Å². The summed E-state index contributed by atoms with van der Waals surface area (Å²) >= 11 is 11.7. The minimum atomic E-state index is -0.673. The molecule has 1 aromatic rings. The monoisotopic (exact) mass is 231 g/mol. The van der Waals surface area contributed by atoms with Gasteiger partial charge in [-0.2, -0.15) is 0 Å². The van der Waals surface area contributed by atoms with Crippen molar-refractivity contribution >= 4 is 29.1 Å². The Morgan fingerprint density at radius 1 is 1.57 bits per heavy atom. The third kappa shape index (κ3) is 2.89. The predicted octanol–water partition coefficient (Wildman–Crippen LogP) is 2.76. The first-order chi connectivity index (χ1) is 6.65. The number of nitrogens with one attached hydrogen (secondary N) is 1. The van der Waals surface area contributed by atoms with Crippen molar-refractivity contribution in [3.8, 4) is 0 Å². The smallest absolute Gasteiger partial charge is 0.242 e. The van der Waals surface area contributed by atoms with Gasteiger partial charge in [0.15, 0.2) is 0 Å². The SMILES string of the molecule is CCNC(=O)C(Cl)c1cccc(Cl)c1. The molecular weight excluding hydrogens is 221 g/mol. The standard InChI is InChI=1S/C10H11Cl2NO/c1-2-13-10(14)9(12)7-4-3-5-8(11)6-7/h3-6,9H,2H2,1H3,(H,13,14). The average molecular weight is 232 g/mol. The van der Waals surface area contributed by atoms with Crippen molar-refractivity contribution in [2.45, 2.75) is 12.3 Å². The van der Waals surface area contributed by atoms with Gasteiger partial charge in [-0.1, -0.05) is 23.7 Å². The van der Waals surface area contributed by atoms with Gasteiger partial charge in [0.05, 0.1) is 0 Å². The van der Waals surface area contributed by atoms with Crippen molar-refractivity contribution in [1.29, 1.82) is 0 Å². The third-order valence-electron chi connectivity index (χ3n) is 1.72. The van der Waals surface area contributed by atoms with Crippen molar-refractivity contribution in [3.05, 3.63) is 34.9 Å². The second-order valence-electron chi connectivity index (χ2n) is 2.81. The summed E-state index contributed by atoms with van der Waals surface area (Å²) in [6, 6.07) is 6.98. The van der Waals surface area contributed by atoms with Gasteiger partial charge >= 0.3 is 0 Å². The van der Waals surface area contributed by atoms with Crippen molar-refractivity contribution < 1.29 is 4.79 Å². The van der Waals surface area contributed by atoms with E-state index >= 15 is 0 Å². The number of carbonyl (C=O) groups excluding carboxylic acids is 1. The lowest BCUT2D eigenvalue weighted by Gasteiger charge is -2.09. The van der Waals surface area contributed by atoms with E-state index in [9.17, 15) is 4.79 Å². The first-order valence-corrected chi connectivity index (χ1v) is 5.14. The Morgan fingerprint density at radius 2 is 2.29 bits per heavy atom. The molecule has 0 saturated carbocycles. The van der Waals surface area contributed by atoms with E-state index in [1.165, 1.54) is 0 Å². The van der Waals surface area contributed by atoms with Crippen LogP contribution in [0.5, 0.6) is 0 Å². The van der Waals surface area contributed by atoms with Gasteiger partial charge in [0.25, 0.3) is 0 Å². The summed E-state index contributed by atoms with van der Waals surface area (Å²) in [5, 5.41) is 2.56. The number of hydrogen-bond acceptors (Lipinski definition) is 1. The average Bonchev–Trinajstić information content (AvgIpc) is 2.17. The lowest BCUT2D eigenvalue weighted by Crippen LogP contribution is -2.26. The van der Waals surface area contributed by atoms with Gasteiger partial charge in [0.1, 0.15) is 5.38 Å². The van der Waals surface area contributed by atoms with Gasteiger partial charge in [0.2, 0.25) is 5.91 Å². The third-order valence-corrected chi connectivity index (χ3v) is 2.41. The molecule has 0 saturated heterocycles. The van der Waals surface area contributed by atoms with Gasteiger partial charge < -0.3 is 5.32 Å². The van der Waals surface area contributed by atoms with Crippen molar-refractivity contribution in [2.24, 2.45) is 0 Å². The van der Waals surface area contributed by atoms with Crippen LogP contribution < -0.4 is 5.32 Å². The van der Waals surface area contributed by atoms with E-state index in [4.69, 9.17) is 23.2 Å².